The van der Waals surface area contributed by atoms with E-state index in [1.165, 1.54) is 11.1 Å². The standard InChI is InChI=1S/C24H29FN2O/c1-23-10-8-20-17(19(23)6-5-18(23)15-4-3-11-26-14-15)13-22(25)21-12-16(27-28)7-9-24(20,21)2/h3-5,11-12,14,17,19-20,22,28H,6-10,13H2,1-2H3/t17-,19-,20-,22?,23+,24+/m0/s1. The normalized spacial score (nSPS) is 43.6. The van der Waals surface area contributed by atoms with Gasteiger partial charge in [0.2, 0.25) is 0 Å². The van der Waals surface area contributed by atoms with Crippen LogP contribution in [0.5, 0.6) is 0 Å². The van der Waals surface area contributed by atoms with Gasteiger partial charge in [0.1, 0.15) is 6.17 Å². The number of halogens is 1. The number of fused-ring (bicyclic) bond motifs is 5. The molecule has 0 aliphatic heterocycles. The van der Waals surface area contributed by atoms with E-state index in [-0.39, 0.29) is 10.8 Å². The lowest BCUT2D eigenvalue weighted by Crippen LogP contribution is -2.52. The highest BCUT2D eigenvalue weighted by Gasteiger charge is 2.59. The molecule has 0 saturated heterocycles. The number of hydrogen-bond acceptors (Lipinski definition) is 3. The lowest BCUT2D eigenvalue weighted by Gasteiger charge is -2.58. The number of pyridine rings is 1. The SMILES string of the molecule is C[C@]12CCC(=NO)C=C1C(F)C[C@@H]1[C@@H]2CC[C@]2(C)C(c3cccnc3)=CC[C@@H]12. The Labute approximate surface area is 166 Å². The second-order valence-corrected chi connectivity index (χ2v) is 9.74. The smallest absolute Gasteiger partial charge is 0.122 e. The summed E-state index contributed by atoms with van der Waals surface area (Å²) in [4.78, 5) is 4.33. The van der Waals surface area contributed by atoms with Crippen LogP contribution in [-0.4, -0.2) is 22.1 Å². The molecular weight excluding hydrogens is 351 g/mol. The first-order valence-electron chi connectivity index (χ1n) is 10.7. The van der Waals surface area contributed by atoms with Gasteiger partial charge in [0.15, 0.2) is 0 Å². The first-order valence-corrected chi connectivity index (χ1v) is 10.7. The molecule has 0 radical (unpaired) electrons. The fourth-order valence-electron chi connectivity index (χ4n) is 7.19. The monoisotopic (exact) mass is 380 g/mol. The van der Waals surface area contributed by atoms with Crippen molar-refractivity contribution in [3.63, 3.8) is 0 Å². The summed E-state index contributed by atoms with van der Waals surface area (Å²) in [6.45, 7) is 4.67. The molecule has 1 heterocycles. The third-order valence-corrected chi connectivity index (χ3v) is 8.64. The lowest BCUT2D eigenvalue weighted by molar-refractivity contribution is -0.0393. The van der Waals surface area contributed by atoms with Crippen LogP contribution < -0.4 is 0 Å². The molecule has 6 atom stereocenters. The van der Waals surface area contributed by atoms with Gasteiger partial charge in [0.25, 0.3) is 0 Å². The fraction of sp³-hybridized carbons (Fsp3) is 0.583. The van der Waals surface area contributed by atoms with Gasteiger partial charge in [0.05, 0.1) is 5.71 Å². The Hall–Kier alpha value is -1.97. The highest BCUT2D eigenvalue weighted by atomic mass is 19.1. The van der Waals surface area contributed by atoms with E-state index in [1.54, 1.807) is 0 Å². The van der Waals surface area contributed by atoms with E-state index in [0.29, 0.717) is 29.9 Å². The third kappa shape index (κ3) is 2.39. The zero-order chi connectivity index (χ0) is 19.5. The van der Waals surface area contributed by atoms with E-state index in [9.17, 15) is 5.21 Å². The number of oxime groups is 1. The number of aromatic nitrogens is 1. The molecule has 3 nitrogen and oxygen atoms in total. The van der Waals surface area contributed by atoms with Crippen molar-refractivity contribution in [3.8, 4) is 0 Å². The molecule has 0 bridgehead atoms. The predicted molar refractivity (Wildman–Crippen MR) is 109 cm³/mol. The molecule has 28 heavy (non-hydrogen) atoms. The number of alkyl halides is 1. The minimum absolute atomic E-state index is 0.102. The summed E-state index contributed by atoms with van der Waals surface area (Å²) >= 11 is 0. The second kappa shape index (κ2) is 6.27. The van der Waals surface area contributed by atoms with Crippen molar-refractivity contribution in [2.45, 2.75) is 58.5 Å². The van der Waals surface area contributed by atoms with E-state index in [2.05, 4.69) is 36.1 Å². The van der Waals surface area contributed by atoms with Gasteiger partial charge in [-0.25, -0.2) is 4.39 Å². The number of nitrogens with zero attached hydrogens (tertiary/aromatic N) is 2. The van der Waals surface area contributed by atoms with Crippen molar-refractivity contribution in [1.29, 1.82) is 0 Å². The minimum Gasteiger partial charge on any atom is -0.411 e. The molecule has 1 N–H and O–H groups in total. The van der Waals surface area contributed by atoms with Crippen molar-refractivity contribution in [3.05, 3.63) is 47.8 Å². The van der Waals surface area contributed by atoms with Gasteiger partial charge < -0.3 is 5.21 Å². The maximum absolute atomic E-state index is 15.4. The Morgan fingerprint density at radius 1 is 1.21 bits per heavy atom. The van der Waals surface area contributed by atoms with Gasteiger partial charge in [-0.1, -0.05) is 31.1 Å². The first kappa shape index (κ1) is 18.1. The minimum atomic E-state index is -0.923. The molecule has 1 aromatic heterocycles. The van der Waals surface area contributed by atoms with Crippen LogP contribution in [0.3, 0.4) is 0 Å². The topological polar surface area (TPSA) is 45.5 Å². The van der Waals surface area contributed by atoms with Crippen LogP contribution in [0.15, 0.2) is 47.4 Å². The van der Waals surface area contributed by atoms with Gasteiger partial charge in [-0.2, -0.15) is 0 Å². The van der Waals surface area contributed by atoms with Crippen LogP contribution in [-0.2, 0) is 0 Å². The Bertz CT molecular complexity index is 876. The first-order chi connectivity index (χ1) is 13.5. The highest BCUT2D eigenvalue weighted by Crippen LogP contribution is 2.66. The molecule has 0 spiro atoms. The van der Waals surface area contributed by atoms with Crippen LogP contribution in [0.25, 0.3) is 5.57 Å². The quantitative estimate of drug-likeness (QED) is 0.493. The summed E-state index contributed by atoms with van der Waals surface area (Å²) in [5.41, 5.74) is 4.18. The van der Waals surface area contributed by atoms with Crippen LogP contribution in [0.1, 0.15) is 57.9 Å². The average molecular weight is 381 g/mol. The van der Waals surface area contributed by atoms with E-state index in [0.717, 1.165) is 37.7 Å². The zero-order valence-electron chi connectivity index (χ0n) is 16.7. The molecule has 4 aliphatic carbocycles. The number of rotatable bonds is 1. The van der Waals surface area contributed by atoms with Gasteiger partial charge in [-0.05, 0) is 96.0 Å². The van der Waals surface area contributed by atoms with Gasteiger partial charge >= 0.3 is 0 Å². The summed E-state index contributed by atoms with van der Waals surface area (Å²) in [5, 5.41) is 12.6. The predicted octanol–water partition coefficient (Wildman–Crippen LogP) is 5.82. The van der Waals surface area contributed by atoms with Crippen LogP contribution in [0.2, 0.25) is 0 Å². The largest absolute Gasteiger partial charge is 0.411 e. The number of allylic oxidation sites excluding steroid dienone is 4. The second-order valence-electron chi connectivity index (χ2n) is 9.74. The van der Waals surface area contributed by atoms with Crippen LogP contribution in [0.4, 0.5) is 4.39 Å². The van der Waals surface area contributed by atoms with Crippen LogP contribution >= 0.6 is 0 Å². The van der Waals surface area contributed by atoms with Gasteiger partial charge in [-0.15, -0.1) is 0 Å². The maximum Gasteiger partial charge on any atom is 0.122 e. The Morgan fingerprint density at radius 2 is 2.07 bits per heavy atom. The van der Waals surface area contributed by atoms with Crippen molar-refractivity contribution < 1.29 is 9.60 Å². The Kier molecular flexibility index (Phi) is 4.05. The molecule has 1 aromatic rings. The molecule has 2 saturated carbocycles. The van der Waals surface area contributed by atoms with Gasteiger partial charge in [-0.3, -0.25) is 4.98 Å². The van der Waals surface area contributed by atoms with Crippen molar-refractivity contribution in [1.82, 2.24) is 4.98 Å². The van der Waals surface area contributed by atoms with E-state index in [4.69, 9.17) is 0 Å². The Morgan fingerprint density at radius 3 is 2.82 bits per heavy atom. The fourth-order valence-corrected chi connectivity index (χ4v) is 7.19. The van der Waals surface area contributed by atoms with E-state index >= 15 is 4.39 Å². The molecule has 4 aliphatic rings. The summed E-state index contributed by atoms with van der Waals surface area (Å²) < 4.78 is 15.4. The molecule has 148 valence electrons. The molecule has 1 unspecified atom stereocenters. The highest BCUT2D eigenvalue weighted by molar-refractivity contribution is 5.96. The molecule has 4 heteroatoms. The summed E-state index contributed by atoms with van der Waals surface area (Å²) in [5.74, 6) is 1.44. The molecule has 0 aromatic carbocycles. The molecular formula is C24H29FN2O. The summed E-state index contributed by atoms with van der Waals surface area (Å²) in [7, 11) is 0. The maximum atomic E-state index is 15.4. The lowest BCUT2D eigenvalue weighted by atomic mass is 9.46. The summed E-state index contributed by atoms with van der Waals surface area (Å²) in [6.07, 6.45) is 12.7. The Balaban J connectivity index is 1.50. The molecule has 0 amide bonds. The number of hydrogen-bond donors (Lipinski definition) is 1. The van der Waals surface area contributed by atoms with Crippen molar-refractivity contribution in [2.24, 2.45) is 33.7 Å². The molecule has 5 rings (SSSR count). The van der Waals surface area contributed by atoms with Crippen LogP contribution in [0, 0.1) is 28.6 Å². The molecule has 2 fully saturated rings. The van der Waals surface area contributed by atoms with Gasteiger partial charge in [0, 0.05) is 12.4 Å². The van der Waals surface area contributed by atoms with E-state index in [1.807, 2.05) is 24.5 Å². The zero-order valence-corrected chi connectivity index (χ0v) is 16.7. The summed E-state index contributed by atoms with van der Waals surface area (Å²) in [6, 6.07) is 4.17. The third-order valence-electron chi connectivity index (χ3n) is 8.64. The van der Waals surface area contributed by atoms with E-state index < -0.39 is 6.17 Å². The average Bonchev–Trinajstić information content (AvgIpc) is 3.06. The van der Waals surface area contributed by atoms with Crippen molar-refractivity contribution >= 4 is 11.3 Å². The van der Waals surface area contributed by atoms with Crippen molar-refractivity contribution in [2.75, 3.05) is 0 Å².